The molecule has 0 aliphatic carbocycles. The highest BCUT2D eigenvalue weighted by Crippen LogP contribution is 2.33. The van der Waals surface area contributed by atoms with Gasteiger partial charge in [0.15, 0.2) is 18.9 Å². The first-order chi connectivity index (χ1) is 50.3. The Kier molecular flexibility index (Phi) is 57.6. The SMILES string of the molecule is CC/C=C\C/C=C\C/C=C\C/C=C\C/C=C\C/C=C\C/C=C\CCCCCC(=O)NC(COC1OC(CO)C(OC2OC(CO)C(OC3OC(CO)C(O)C(O)C3O)C(O)C2O)C(O)C1O)C(O)/C=C/CC/C=C/CCCCCCCCCCCCCCCCCCCCCCCCCCCCC. The Morgan fingerprint density at radius 3 is 1.09 bits per heavy atom. The van der Waals surface area contributed by atoms with E-state index in [1.54, 1.807) is 6.08 Å². The molecule has 19 nitrogen and oxygen atoms in total. The molecule has 17 atom stereocenters. The van der Waals surface area contributed by atoms with Crippen LogP contribution in [0.4, 0.5) is 0 Å². The molecule has 594 valence electrons. The second-order valence-corrected chi connectivity index (χ2v) is 28.5. The molecular formula is C84H145NO18. The summed E-state index contributed by atoms with van der Waals surface area (Å²) in [6, 6.07) is -1.02. The minimum absolute atomic E-state index is 0.189. The standard InChI is InChI=1S/C84H145NO18/c1-3-5-7-9-11-13-15-17-19-21-23-25-27-29-30-31-32-33-34-35-36-38-39-41-43-45-47-49-51-53-55-57-59-61-68(89)67(85-72(90)62-60-58-56-54-52-50-48-46-44-42-40-37-28-26-24-22-20-18-16-14-12-10-8-6-4-2)66-98-82-78(96)75(93)80(70(64-87)100-82)103-84-79(97)76(94)81(71(65-88)101-84)102-83-77(95)74(92)73(91)69(63-86)99-83/h6,8,12,14,18,20,24,26,37,40,44,46,50-53,59,61,67-71,73-84,86-89,91-97H,3-5,7,9-11,13,15-17,19,21-23,25,27-36,38-39,41-43,45,47-49,54-58,60,62-66H2,1-2H3,(H,85,90)/b8-6-,14-12-,20-18-,26-24-,40-37-,46-44-,52-50-,53-51+,61-59+. The molecular weight excluding hydrogens is 1310 g/mol. The number of hydrogen-bond acceptors (Lipinski definition) is 18. The highest BCUT2D eigenvalue weighted by molar-refractivity contribution is 5.76. The van der Waals surface area contributed by atoms with E-state index >= 15 is 0 Å². The number of aliphatic hydroxyl groups is 11. The Morgan fingerprint density at radius 2 is 0.680 bits per heavy atom. The molecule has 103 heavy (non-hydrogen) atoms. The van der Waals surface area contributed by atoms with E-state index in [9.17, 15) is 61.0 Å². The summed E-state index contributed by atoms with van der Waals surface area (Å²) in [6.07, 6.45) is 60.9. The molecule has 12 N–H and O–H groups in total. The van der Waals surface area contributed by atoms with Crippen LogP contribution in [-0.2, 0) is 33.2 Å². The lowest BCUT2D eigenvalue weighted by Crippen LogP contribution is -2.66. The van der Waals surface area contributed by atoms with Crippen LogP contribution in [0, 0.1) is 0 Å². The number of allylic oxidation sites excluding steroid dienone is 17. The van der Waals surface area contributed by atoms with Crippen molar-refractivity contribution < 1.29 is 89.4 Å². The van der Waals surface area contributed by atoms with Crippen molar-refractivity contribution in [2.45, 2.75) is 388 Å². The number of hydrogen-bond donors (Lipinski definition) is 12. The fourth-order valence-corrected chi connectivity index (χ4v) is 13.1. The van der Waals surface area contributed by atoms with Crippen LogP contribution in [0.5, 0.6) is 0 Å². The summed E-state index contributed by atoms with van der Waals surface area (Å²) < 4.78 is 34.4. The van der Waals surface area contributed by atoms with Crippen LogP contribution >= 0.6 is 0 Å². The van der Waals surface area contributed by atoms with Crippen molar-refractivity contribution in [3.63, 3.8) is 0 Å². The van der Waals surface area contributed by atoms with E-state index in [0.29, 0.717) is 12.8 Å². The van der Waals surface area contributed by atoms with Gasteiger partial charge in [-0.2, -0.15) is 0 Å². The summed E-state index contributed by atoms with van der Waals surface area (Å²) in [6.45, 7) is 1.59. The number of ether oxygens (including phenoxy) is 6. The summed E-state index contributed by atoms with van der Waals surface area (Å²) in [4.78, 5) is 13.5. The van der Waals surface area contributed by atoms with E-state index in [0.717, 1.165) is 83.5 Å². The van der Waals surface area contributed by atoms with Crippen LogP contribution in [0.15, 0.2) is 109 Å². The maximum absolute atomic E-state index is 13.5. The van der Waals surface area contributed by atoms with Crippen LogP contribution in [0.1, 0.15) is 284 Å². The molecule has 3 fully saturated rings. The van der Waals surface area contributed by atoms with Crippen molar-refractivity contribution >= 4 is 5.91 Å². The monoisotopic (exact) mass is 1460 g/mol. The smallest absolute Gasteiger partial charge is 0.220 e. The van der Waals surface area contributed by atoms with Gasteiger partial charge in [-0.15, -0.1) is 0 Å². The number of nitrogens with one attached hydrogen (secondary N) is 1. The van der Waals surface area contributed by atoms with E-state index in [1.165, 1.54) is 167 Å². The minimum atomic E-state index is -1.99. The zero-order chi connectivity index (χ0) is 74.6. The highest BCUT2D eigenvalue weighted by Gasteiger charge is 2.54. The van der Waals surface area contributed by atoms with Crippen molar-refractivity contribution in [1.29, 1.82) is 0 Å². The number of unbranched alkanes of at least 4 members (excludes halogenated alkanes) is 31. The average molecular weight is 1460 g/mol. The summed E-state index contributed by atoms with van der Waals surface area (Å²) in [7, 11) is 0. The van der Waals surface area contributed by atoms with Crippen molar-refractivity contribution in [1.82, 2.24) is 5.32 Å². The Morgan fingerprint density at radius 1 is 0.359 bits per heavy atom. The fourth-order valence-electron chi connectivity index (χ4n) is 13.1. The van der Waals surface area contributed by atoms with Crippen LogP contribution in [0.25, 0.3) is 0 Å². The van der Waals surface area contributed by atoms with Gasteiger partial charge in [-0.25, -0.2) is 0 Å². The van der Waals surface area contributed by atoms with Gasteiger partial charge in [-0.05, 0) is 89.9 Å². The molecule has 3 aliphatic rings. The van der Waals surface area contributed by atoms with E-state index in [2.05, 4.69) is 116 Å². The molecule has 1 amide bonds. The van der Waals surface area contributed by atoms with Gasteiger partial charge in [0.1, 0.15) is 73.2 Å². The van der Waals surface area contributed by atoms with Crippen LogP contribution in [-0.4, -0.2) is 193 Å². The van der Waals surface area contributed by atoms with Gasteiger partial charge < -0.3 is 89.9 Å². The molecule has 0 aromatic rings. The zero-order valence-electron chi connectivity index (χ0n) is 63.5. The maximum atomic E-state index is 13.5. The number of carbonyl (C=O) groups excluding carboxylic acids is 1. The molecule has 17 unspecified atom stereocenters. The third kappa shape index (κ3) is 43.3. The maximum Gasteiger partial charge on any atom is 0.220 e. The molecule has 0 aromatic heterocycles. The average Bonchev–Trinajstić information content (AvgIpc) is 0.781. The largest absolute Gasteiger partial charge is 0.394 e. The molecule has 3 aliphatic heterocycles. The second kappa shape index (κ2) is 63.4. The van der Waals surface area contributed by atoms with E-state index in [-0.39, 0.29) is 18.9 Å². The lowest BCUT2D eigenvalue weighted by atomic mass is 9.96. The van der Waals surface area contributed by atoms with Gasteiger partial charge >= 0.3 is 0 Å². The van der Waals surface area contributed by atoms with Crippen molar-refractivity contribution in [2.75, 3.05) is 26.4 Å². The summed E-state index contributed by atoms with van der Waals surface area (Å²) >= 11 is 0. The van der Waals surface area contributed by atoms with E-state index < -0.39 is 124 Å². The molecule has 3 heterocycles. The quantitative estimate of drug-likeness (QED) is 0.0199. The van der Waals surface area contributed by atoms with Crippen LogP contribution in [0.2, 0.25) is 0 Å². The number of carbonyl (C=O) groups is 1. The number of aliphatic hydroxyl groups excluding tert-OH is 11. The Hall–Kier alpha value is -3.55. The topological polar surface area (TPSA) is 307 Å². The van der Waals surface area contributed by atoms with Gasteiger partial charge in [0.2, 0.25) is 5.91 Å². The fraction of sp³-hybridized carbons (Fsp3) is 0.774. The summed E-state index contributed by atoms with van der Waals surface area (Å²) in [5, 5.41) is 121. The van der Waals surface area contributed by atoms with Gasteiger partial charge in [-0.1, -0.05) is 297 Å². The predicted molar refractivity (Wildman–Crippen MR) is 410 cm³/mol. The number of amides is 1. The van der Waals surface area contributed by atoms with Gasteiger partial charge in [-0.3, -0.25) is 4.79 Å². The lowest BCUT2D eigenvalue weighted by molar-refractivity contribution is -0.379. The molecule has 3 rings (SSSR count). The molecule has 0 bridgehead atoms. The minimum Gasteiger partial charge on any atom is -0.394 e. The first-order valence-corrected chi connectivity index (χ1v) is 40.6. The Balaban J connectivity index is 1.40. The Bertz CT molecular complexity index is 2290. The first kappa shape index (κ1) is 93.7. The van der Waals surface area contributed by atoms with Gasteiger partial charge in [0.25, 0.3) is 0 Å². The van der Waals surface area contributed by atoms with Crippen molar-refractivity contribution in [3.8, 4) is 0 Å². The summed E-state index contributed by atoms with van der Waals surface area (Å²) in [5.41, 5.74) is 0. The predicted octanol–water partition coefficient (Wildman–Crippen LogP) is 13.7. The zero-order valence-corrected chi connectivity index (χ0v) is 63.5. The normalized spacial score (nSPS) is 26.6. The van der Waals surface area contributed by atoms with E-state index in [1.807, 2.05) is 6.08 Å². The molecule has 3 saturated heterocycles. The van der Waals surface area contributed by atoms with Crippen molar-refractivity contribution in [2.24, 2.45) is 0 Å². The first-order valence-electron chi connectivity index (χ1n) is 40.6. The Labute approximate surface area is 621 Å². The van der Waals surface area contributed by atoms with E-state index in [4.69, 9.17) is 28.4 Å². The van der Waals surface area contributed by atoms with Crippen molar-refractivity contribution in [3.05, 3.63) is 109 Å². The number of rotatable bonds is 63. The molecule has 0 aromatic carbocycles. The molecule has 0 radical (unpaired) electrons. The molecule has 0 saturated carbocycles. The summed E-state index contributed by atoms with van der Waals surface area (Å²) in [5.74, 6) is -0.319. The highest BCUT2D eigenvalue weighted by atomic mass is 16.8. The van der Waals surface area contributed by atoms with Crippen LogP contribution in [0.3, 0.4) is 0 Å². The molecule has 0 spiro atoms. The third-order valence-electron chi connectivity index (χ3n) is 19.6. The lowest BCUT2D eigenvalue weighted by Gasteiger charge is -2.48. The molecule has 19 heteroatoms. The van der Waals surface area contributed by atoms with Gasteiger partial charge in [0, 0.05) is 6.42 Å². The second-order valence-electron chi connectivity index (χ2n) is 28.5. The van der Waals surface area contributed by atoms with Gasteiger partial charge in [0.05, 0.1) is 38.6 Å². The van der Waals surface area contributed by atoms with Crippen LogP contribution < -0.4 is 5.32 Å². The third-order valence-corrected chi connectivity index (χ3v) is 19.6.